The van der Waals surface area contributed by atoms with Crippen LogP contribution in [0.15, 0.2) is 17.1 Å². The van der Waals surface area contributed by atoms with Crippen LogP contribution < -0.4 is 11.0 Å². The molecule has 10 heteroatoms. The van der Waals surface area contributed by atoms with Gasteiger partial charge in [0.05, 0.1) is 6.61 Å². The van der Waals surface area contributed by atoms with Crippen LogP contribution in [-0.4, -0.2) is 50.6 Å². The Hall–Kier alpha value is -1.88. The fourth-order valence-corrected chi connectivity index (χ4v) is 2.05. The molecular formula is C11H14FN3O6. The van der Waals surface area contributed by atoms with E-state index < -0.39 is 42.7 Å². The zero-order valence-electron chi connectivity index (χ0n) is 11.0. The van der Waals surface area contributed by atoms with E-state index in [1.165, 1.54) is 19.2 Å². The van der Waals surface area contributed by atoms with Crippen molar-refractivity contribution in [3.8, 4) is 0 Å². The maximum atomic E-state index is 12.6. The lowest BCUT2D eigenvalue weighted by Crippen LogP contribution is -2.36. The third-order valence-corrected chi connectivity index (χ3v) is 3.00. The minimum Gasteiger partial charge on any atom is -0.394 e. The Morgan fingerprint density at radius 1 is 1.67 bits per heavy atom. The number of hydrogen-bond donors (Lipinski definition) is 3. The van der Waals surface area contributed by atoms with Gasteiger partial charge in [0.15, 0.2) is 12.3 Å². The van der Waals surface area contributed by atoms with Crippen LogP contribution in [0.3, 0.4) is 0 Å². The summed E-state index contributed by atoms with van der Waals surface area (Å²) in [7, 11) is 0. The monoisotopic (exact) mass is 303 g/mol. The summed E-state index contributed by atoms with van der Waals surface area (Å²) in [5, 5.41) is 21.0. The van der Waals surface area contributed by atoms with E-state index >= 15 is 0 Å². The molecule has 4 atom stereocenters. The molecule has 3 N–H and O–H groups in total. The molecule has 116 valence electrons. The lowest BCUT2D eigenvalue weighted by atomic mass is 10.1. The van der Waals surface area contributed by atoms with Crippen molar-refractivity contribution in [2.45, 2.75) is 31.5 Å². The maximum Gasteiger partial charge on any atom is 0.351 e. The molecule has 9 nitrogen and oxygen atoms in total. The van der Waals surface area contributed by atoms with Crippen molar-refractivity contribution in [3.63, 3.8) is 0 Å². The van der Waals surface area contributed by atoms with E-state index in [1.807, 2.05) is 0 Å². The first kappa shape index (κ1) is 15.5. The summed E-state index contributed by atoms with van der Waals surface area (Å²) in [5.74, 6) is -0.378. The number of nitrogens with one attached hydrogen (secondary N) is 1. The molecule has 1 aromatic rings. The van der Waals surface area contributed by atoms with Crippen LogP contribution >= 0.6 is 0 Å². The number of aliphatic hydroxyl groups excluding tert-OH is 2. The minimum absolute atomic E-state index is 0.0266. The molecule has 0 unspecified atom stereocenters. The number of aromatic nitrogens is 2. The quantitative estimate of drug-likeness (QED) is 0.633. The molecule has 1 aliphatic heterocycles. The lowest BCUT2D eigenvalue weighted by molar-refractivity contribution is -0.221. The van der Waals surface area contributed by atoms with E-state index in [0.29, 0.717) is 0 Å². The number of hydrogen-bond acceptors (Lipinski definition) is 7. The van der Waals surface area contributed by atoms with E-state index in [1.54, 1.807) is 0 Å². The molecule has 1 aromatic heterocycles. The van der Waals surface area contributed by atoms with Gasteiger partial charge in [0.25, 0.3) is 0 Å². The highest BCUT2D eigenvalue weighted by Gasteiger charge is 2.46. The first-order valence-corrected chi connectivity index (χ1v) is 6.06. The van der Waals surface area contributed by atoms with Crippen molar-refractivity contribution in [1.29, 1.82) is 0 Å². The predicted molar refractivity (Wildman–Crippen MR) is 65.8 cm³/mol. The highest BCUT2D eigenvalue weighted by molar-refractivity contribution is 5.87. The molecule has 0 aromatic carbocycles. The Morgan fingerprint density at radius 2 is 2.38 bits per heavy atom. The molecule has 1 fully saturated rings. The van der Waals surface area contributed by atoms with Gasteiger partial charge in [-0.1, -0.05) is 0 Å². The van der Waals surface area contributed by atoms with Crippen molar-refractivity contribution in [2.75, 3.05) is 11.9 Å². The second-order valence-corrected chi connectivity index (χ2v) is 4.48. The second-order valence-electron chi connectivity index (χ2n) is 4.48. The molecule has 0 spiro atoms. The van der Waals surface area contributed by atoms with Gasteiger partial charge in [-0.3, -0.25) is 9.36 Å². The third kappa shape index (κ3) is 3.08. The number of carbonyl (C=O) groups is 1. The van der Waals surface area contributed by atoms with Crippen molar-refractivity contribution in [2.24, 2.45) is 0 Å². The van der Waals surface area contributed by atoms with Crippen molar-refractivity contribution in [3.05, 3.63) is 22.7 Å². The summed E-state index contributed by atoms with van der Waals surface area (Å²) in [4.78, 5) is 29.9. The summed E-state index contributed by atoms with van der Waals surface area (Å²) < 4.78 is 18.6. The van der Waals surface area contributed by atoms with Crippen LogP contribution in [0.25, 0.3) is 0 Å². The first-order valence-electron chi connectivity index (χ1n) is 6.06. The zero-order valence-corrected chi connectivity index (χ0v) is 11.0. The maximum absolute atomic E-state index is 12.6. The number of halogens is 1. The smallest absolute Gasteiger partial charge is 0.351 e. The van der Waals surface area contributed by atoms with Gasteiger partial charge in [0, 0.05) is 13.1 Å². The number of aliphatic hydroxyl groups is 2. The third-order valence-electron chi connectivity index (χ3n) is 3.00. The zero-order chi connectivity index (χ0) is 15.6. The van der Waals surface area contributed by atoms with Crippen LogP contribution in [-0.2, 0) is 14.5 Å². The van der Waals surface area contributed by atoms with E-state index in [2.05, 4.69) is 15.2 Å². The second kappa shape index (κ2) is 6.26. The first-order chi connectivity index (χ1) is 9.97. The van der Waals surface area contributed by atoms with Gasteiger partial charge in [-0.05, 0) is 10.6 Å². The van der Waals surface area contributed by atoms with Gasteiger partial charge in [0.2, 0.25) is 5.91 Å². The predicted octanol–water partition coefficient (Wildman–Crippen LogP) is -1.28. The Balaban J connectivity index is 2.29. The van der Waals surface area contributed by atoms with Gasteiger partial charge >= 0.3 is 5.69 Å². The fraction of sp³-hybridized carbons (Fsp3) is 0.545. The van der Waals surface area contributed by atoms with Crippen LogP contribution in [0.4, 0.5) is 10.3 Å². The molecule has 1 amide bonds. The summed E-state index contributed by atoms with van der Waals surface area (Å²) in [6.45, 7) is 0.687. The van der Waals surface area contributed by atoms with E-state index in [-0.39, 0.29) is 5.82 Å². The summed E-state index contributed by atoms with van der Waals surface area (Å²) in [5.41, 5.74) is -0.834. The Bertz CT molecular complexity index is 579. The van der Waals surface area contributed by atoms with Gasteiger partial charge in [0.1, 0.15) is 18.0 Å². The minimum atomic E-state index is -1.48. The molecule has 2 heterocycles. The van der Waals surface area contributed by atoms with E-state index in [4.69, 9.17) is 9.84 Å². The highest BCUT2D eigenvalue weighted by atomic mass is 19.3. The van der Waals surface area contributed by atoms with Gasteiger partial charge in [-0.15, -0.1) is 0 Å². The molecular weight excluding hydrogens is 289 g/mol. The van der Waals surface area contributed by atoms with Crippen molar-refractivity contribution in [1.82, 2.24) is 9.55 Å². The normalized spacial score (nSPS) is 28.6. The SMILES string of the molecule is CC(=O)Nc1ccn([C@@H]2O[C@H](CO)[C@H](O)[C@H]2OF)c(=O)n1. The average molecular weight is 303 g/mol. The topological polar surface area (TPSA) is 123 Å². The summed E-state index contributed by atoms with van der Waals surface area (Å²) in [6.07, 6.45) is -4.07. The Kier molecular flexibility index (Phi) is 4.63. The average Bonchev–Trinajstić information content (AvgIpc) is 2.74. The molecule has 1 saturated heterocycles. The van der Waals surface area contributed by atoms with Crippen molar-refractivity contribution >= 4 is 11.7 Å². The molecule has 1 aliphatic rings. The number of carbonyl (C=O) groups excluding carboxylic acids is 1. The summed E-state index contributed by atoms with van der Waals surface area (Å²) in [6, 6.07) is 1.31. The number of nitrogens with zero attached hydrogens (tertiary/aromatic N) is 2. The molecule has 0 radical (unpaired) electrons. The summed E-state index contributed by atoms with van der Waals surface area (Å²) >= 11 is 0. The van der Waals surface area contributed by atoms with Gasteiger partial charge < -0.3 is 20.3 Å². The molecule has 21 heavy (non-hydrogen) atoms. The largest absolute Gasteiger partial charge is 0.394 e. The lowest BCUT2D eigenvalue weighted by Gasteiger charge is -2.17. The van der Waals surface area contributed by atoms with Crippen LogP contribution in [0.1, 0.15) is 13.2 Å². The molecule has 0 saturated carbocycles. The van der Waals surface area contributed by atoms with Crippen LogP contribution in [0.2, 0.25) is 0 Å². The Labute approximate surface area is 117 Å². The standard InChI is InChI=1S/C11H14FN3O6/c1-5(17)13-7-2-3-15(11(19)14-7)10-9(21-12)8(18)6(4-16)20-10/h2-3,6,8-10,16,18H,4H2,1H3,(H,13,14,17,19)/t6-,8+,9-,10-/m1/s1. The molecule has 0 aliphatic carbocycles. The van der Waals surface area contributed by atoms with E-state index in [0.717, 1.165) is 4.57 Å². The van der Waals surface area contributed by atoms with Gasteiger partial charge in [-0.25, -0.2) is 4.79 Å². The number of ether oxygens (including phenoxy) is 1. The Morgan fingerprint density at radius 3 is 2.90 bits per heavy atom. The number of anilines is 1. The van der Waals surface area contributed by atoms with E-state index in [9.17, 15) is 19.2 Å². The number of amides is 1. The highest BCUT2D eigenvalue weighted by Crippen LogP contribution is 2.30. The van der Waals surface area contributed by atoms with Crippen molar-refractivity contribution < 1.29 is 29.2 Å². The number of rotatable bonds is 4. The van der Waals surface area contributed by atoms with Crippen LogP contribution in [0, 0.1) is 0 Å². The molecule has 0 bridgehead atoms. The fourth-order valence-electron chi connectivity index (χ4n) is 2.05. The van der Waals surface area contributed by atoms with Crippen LogP contribution in [0.5, 0.6) is 0 Å². The molecule has 2 rings (SSSR count). The van der Waals surface area contributed by atoms with Gasteiger partial charge in [-0.2, -0.15) is 9.93 Å².